The van der Waals surface area contributed by atoms with Gasteiger partial charge in [-0.05, 0) is 51.3 Å². The molecule has 0 spiro atoms. The van der Waals surface area contributed by atoms with Crippen molar-refractivity contribution in [3.8, 4) is 10.7 Å². The highest BCUT2D eigenvalue weighted by Gasteiger charge is 2.24. The van der Waals surface area contributed by atoms with Crippen molar-refractivity contribution in [2.75, 3.05) is 13.1 Å². The average Bonchev–Trinajstić information content (AvgIpc) is 3.10. The molecule has 20 heavy (non-hydrogen) atoms. The molecule has 3 nitrogen and oxygen atoms in total. The Hall–Kier alpha value is -1.26. The van der Waals surface area contributed by atoms with E-state index in [9.17, 15) is 0 Å². The third-order valence-electron chi connectivity index (χ3n) is 4.00. The number of rotatable bonds is 4. The summed E-state index contributed by atoms with van der Waals surface area (Å²) in [5.74, 6) is 0.747. The number of pyridine rings is 1. The Labute approximate surface area is 124 Å². The van der Waals surface area contributed by atoms with Crippen molar-refractivity contribution in [3.63, 3.8) is 0 Å². The normalized spacial score (nSPS) is 19.9. The lowest BCUT2D eigenvalue weighted by atomic mass is 10.0. The second kappa shape index (κ2) is 6.02. The zero-order chi connectivity index (χ0) is 13.9. The highest BCUT2D eigenvalue weighted by atomic mass is 32.1. The molecule has 3 rings (SSSR count). The van der Waals surface area contributed by atoms with E-state index in [1.54, 1.807) is 11.3 Å². The van der Waals surface area contributed by atoms with Crippen LogP contribution in [0.15, 0.2) is 29.8 Å². The van der Waals surface area contributed by atoms with Crippen molar-refractivity contribution in [2.24, 2.45) is 5.92 Å². The van der Waals surface area contributed by atoms with Crippen molar-refractivity contribution in [2.45, 2.75) is 32.7 Å². The Morgan fingerprint density at radius 1 is 1.40 bits per heavy atom. The molecule has 1 fully saturated rings. The van der Waals surface area contributed by atoms with Gasteiger partial charge in [-0.15, -0.1) is 11.3 Å². The summed E-state index contributed by atoms with van der Waals surface area (Å²) < 4.78 is 0. The minimum atomic E-state index is 0.662. The second-order valence-corrected chi connectivity index (χ2v) is 6.69. The van der Waals surface area contributed by atoms with Gasteiger partial charge < -0.3 is 4.90 Å². The number of nitrogens with zero attached hydrogens (tertiary/aromatic N) is 3. The first kappa shape index (κ1) is 13.7. The lowest BCUT2D eigenvalue weighted by Gasteiger charge is -2.20. The molecular formula is C16H21N3S. The second-order valence-electron chi connectivity index (χ2n) is 5.80. The van der Waals surface area contributed by atoms with Crippen LogP contribution in [0.5, 0.6) is 0 Å². The lowest BCUT2D eigenvalue weighted by Crippen LogP contribution is -2.28. The van der Waals surface area contributed by atoms with Gasteiger partial charge in [0.05, 0.1) is 5.69 Å². The van der Waals surface area contributed by atoms with Crippen molar-refractivity contribution in [3.05, 3.63) is 35.5 Å². The molecule has 2 aromatic rings. The predicted molar refractivity (Wildman–Crippen MR) is 83.9 cm³/mol. The molecular weight excluding hydrogens is 266 g/mol. The fraction of sp³-hybridized carbons (Fsp3) is 0.500. The van der Waals surface area contributed by atoms with Gasteiger partial charge >= 0.3 is 0 Å². The van der Waals surface area contributed by atoms with Gasteiger partial charge in [-0.25, -0.2) is 4.98 Å². The maximum Gasteiger partial charge on any atom is 0.141 e. The van der Waals surface area contributed by atoms with Crippen LogP contribution in [0.4, 0.5) is 0 Å². The van der Waals surface area contributed by atoms with Crippen LogP contribution in [0.3, 0.4) is 0 Å². The molecule has 0 bridgehead atoms. The molecule has 3 heterocycles. The van der Waals surface area contributed by atoms with E-state index < -0.39 is 0 Å². The third-order valence-corrected chi connectivity index (χ3v) is 4.80. The highest BCUT2D eigenvalue weighted by Crippen LogP contribution is 2.24. The van der Waals surface area contributed by atoms with Gasteiger partial charge in [0.15, 0.2) is 0 Å². The van der Waals surface area contributed by atoms with Crippen molar-refractivity contribution in [1.29, 1.82) is 0 Å². The summed E-state index contributed by atoms with van der Waals surface area (Å²) in [6.07, 6.45) is 4.22. The Bertz CT molecular complexity index is 551. The molecule has 1 unspecified atom stereocenters. The number of aromatic nitrogens is 2. The van der Waals surface area contributed by atoms with Crippen molar-refractivity contribution < 1.29 is 0 Å². The molecule has 1 aliphatic rings. The minimum absolute atomic E-state index is 0.662. The van der Waals surface area contributed by atoms with E-state index in [1.165, 1.54) is 25.2 Å². The number of hydrogen-bond acceptors (Lipinski definition) is 4. The van der Waals surface area contributed by atoms with Gasteiger partial charge in [0, 0.05) is 29.9 Å². The molecule has 2 aromatic heterocycles. The molecule has 0 N–H and O–H groups in total. The Balaban J connectivity index is 1.68. The van der Waals surface area contributed by atoms with Crippen LogP contribution in [0.2, 0.25) is 0 Å². The van der Waals surface area contributed by atoms with Crippen LogP contribution in [-0.4, -0.2) is 34.0 Å². The van der Waals surface area contributed by atoms with E-state index in [1.807, 2.05) is 11.6 Å². The molecule has 1 atom stereocenters. The summed E-state index contributed by atoms with van der Waals surface area (Å²) in [6.45, 7) is 7.00. The molecule has 0 amide bonds. The zero-order valence-corrected chi connectivity index (χ0v) is 12.9. The smallest absolute Gasteiger partial charge is 0.141 e. The van der Waals surface area contributed by atoms with Gasteiger partial charge in [-0.2, -0.15) is 0 Å². The van der Waals surface area contributed by atoms with Crippen LogP contribution in [0.25, 0.3) is 10.7 Å². The Kier molecular flexibility index (Phi) is 4.13. The summed E-state index contributed by atoms with van der Waals surface area (Å²) in [5, 5.41) is 3.02. The van der Waals surface area contributed by atoms with Crippen LogP contribution in [0.1, 0.15) is 26.0 Å². The number of thiazole rings is 1. The van der Waals surface area contributed by atoms with Crippen LogP contribution in [0, 0.1) is 5.92 Å². The number of hydrogen-bond donors (Lipinski definition) is 0. The van der Waals surface area contributed by atoms with Crippen molar-refractivity contribution >= 4 is 11.3 Å². The number of likely N-dealkylation sites (tertiary alicyclic amines) is 1. The monoisotopic (exact) mass is 287 g/mol. The molecule has 1 aliphatic heterocycles. The predicted octanol–water partition coefficient (Wildman–Crippen LogP) is 3.48. The van der Waals surface area contributed by atoms with E-state index in [0.717, 1.165) is 23.0 Å². The third kappa shape index (κ3) is 3.07. The summed E-state index contributed by atoms with van der Waals surface area (Å²) in [6, 6.07) is 6.97. The van der Waals surface area contributed by atoms with Crippen molar-refractivity contribution in [1.82, 2.24) is 14.9 Å². The Morgan fingerprint density at radius 2 is 2.30 bits per heavy atom. The quantitative estimate of drug-likeness (QED) is 0.862. The van der Waals surface area contributed by atoms with E-state index >= 15 is 0 Å². The van der Waals surface area contributed by atoms with Gasteiger partial charge in [0.2, 0.25) is 0 Å². The van der Waals surface area contributed by atoms with Gasteiger partial charge in [-0.1, -0.05) is 6.07 Å². The fourth-order valence-corrected chi connectivity index (χ4v) is 3.46. The topological polar surface area (TPSA) is 29.0 Å². The fourth-order valence-electron chi connectivity index (χ4n) is 2.86. The molecule has 1 saturated heterocycles. The molecule has 0 radical (unpaired) electrons. The summed E-state index contributed by atoms with van der Waals surface area (Å²) in [7, 11) is 0. The maximum atomic E-state index is 4.78. The first-order chi connectivity index (χ1) is 9.72. The molecule has 106 valence electrons. The Morgan fingerprint density at radius 3 is 3.00 bits per heavy atom. The molecule has 0 aliphatic carbocycles. The van der Waals surface area contributed by atoms with Crippen LogP contribution in [-0.2, 0) is 6.42 Å². The van der Waals surface area contributed by atoms with E-state index in [0.29, 0.717) is 6.04 Å². The van der Waals surface area contributed by atoms with Gasteiger partial charge in [-0.3, -0.25) is 4.98 Å². The molecule has 4 heteroatoms. The van der Waals surface area contributed by atoms with Gasteiger partial charge in [0.25, 0.3) is 0 Å². The van der Waals surface area contributed by atoms with Crippen LogP contribution >= 0.6 is 11.3 Å². The summed E-state index contributed by atoms with van der Waals surface area (Å²) >= 11 is 1.65. The first-order valence-electron chi connectivity index (χ1n) is 7.32. The zero-order valence-electron chi connectivity index (χ0n) is 12.1. The summed E-state index contributed by atoms with van der Waals surface area (Å²) in [4.78, 5) is 11.7. The lowest BCUT2D eigenvalue weighted by molar-refractivity contribution is 0.265. The largest absolute Gasteiger partial charge is 0.301 e. The molecule has 0 saturated carbocycles. The average molecular weight is 287 g/mol. The maximum absolute atomic E-state index is 4.78. The minimum Gasteiger partial charge on any atom is -0.301 e. The first-order valence-corrected chi connectivity index (χ1v) is 8.20. The van der Waals surface area contributed by atoms with E-state index in [2.05, 4.69) is 41.9 Å². The summed E-state index contributed by atoms with van der Waals surface area (Å²) in [5.41, 5.74) is 2.21. The van der Waals surface area contributed by atoms with E-state index in [-0.39, 0.29) is 0 Å². The highest BCUT2D eigenvalue weighted by molar-refractivity contribution is 7.13. The van der Waals surface area contributed by atoms with Crippen LogP contribution < -0.4 is 0 Å². The van der Waals surface area contributed by atoms with E-state index in [4.69, 9.17) is 4.98 Å². The standard InChI is InChI=1S/C16H21N3S/c1-12(2)19-8-6-13(11-19)10-14-4-3-5-15(18-14)16-17-7-9-20-16/h3-5,7,9,12-13H,6,8,10-11H2,1-2H3. The SMILES string of the molecule is CC(C)N1CCC(Cc2cccc(-c3nccs3)n2)C1. The molecule has 0 aromatic carbocycles. The van der Waals surface area contributed by atoms with Gasteiger partial charge in [0.1, 0.15) is 5.01 Å².